The second kappa shape index (κ2) is 3.41. The van der Waals surface area contributed by atoms with Crippen molar-refractivity contribution in [3.8, 4) is 0 Å². The molecule has 2 aromatic heterocycles. The van der Waals surface area contributed by atoms with Gasteiger partial charge in [-0.15, -0.1) is 0 Å². The summed E-state index contributed by atoms with van der Waals surface area (Å²) >= 11 is 0.875. The van der Waals surface area contributed by atoms with E-state index >= 15 is 0 Å². The monoisotopic (exact) mass is 205 g/mol. The zero-order valence-electron chi connectivity index (χ0n) is 7.89. The lowest BCUT2D eigenvalue weighted by atomic mass is 10.4. The van der Waals surface area contributed by atoms with Gasteiger partial charge in [-0.2, -0.15) is 0 Å². The van der Waals surface area contributed by atoms with E-state index in [4.69, 9.17) is 0 Å². The molecule has 14 heavy (non-hydrogen) atoms. The number of hydrogen-bond acceptors (Lipinski definition) is 4. The summed E-state index contributed by atoms with van der Waals surface area (Å²) in [6.07, 6.45) is 4.99. The first kappa shape index (κ1) is 9.19. The summed E-state index contributed by atoms with van der Waals surface area (Å²) in [5, 5.41) is 0. The second-order valence-corrected chi connectivity index (χ2v) is 3.92. The minimum absolute atomic E-state index is 0.301. The normalized spacial score (nSPS) is 10.4. The molecule has 0 aliphatic carbocycles. The van der Waals surface area contributed by atoms with Crippen LogP contribution in [0.1, 0.15) is 10.5 Å². The number of esters is 1. The number of methoxy groups -OCH3 is 1. The van der Waals surface area contributed by atoms with Crippen molar-refractivity contribution < 1.29 is 9.53 Å². The molecule has 0 unspecified atom stereocenters. The van der Waals surface area contributed by atoms with Crippen LogP contribution in [0.3, 0.4) is 0 Å². The molecule has 0 radical (unpaired) electrons. The number of carbonyl (C=O) groups excluding carboxylic acids is 1. The highest BCUT2D eigenvalue weighted by atomic mass is 27.0. The van der Waals surface area contributed by atoms with E-state index in [2.05, 4.69) is 14.7 Å². The van der Waals surface area contributed by atoms with Crippen LogP contribution in [0.4, 0.5) is 0 Å². The molecule has 2 rings (SSSR count). The van der Waals surface area contributed by atoms with Crippen molar-refractivity contribution in [2.24, 2.45) is 0 Å². The number of nitrogens with zero attached hydrogens (tertiary/aromatic N) is 3. The number of imidazole rings is 1. The molecule has 0 amide bonds. The molecule has 0 aromatic carbocycles. The molecule has 0 bridgehead atoms. The molecule has 2 aromatic rings. The van der Waals surface area contributed by atoms with Gasteiger partial charge in [-0.25, -0.2) is 14.8 Å². The van der Waals surface area contributed by atoms with Crippen molar-refractivity contribution in [3.63, 3.8) is 0 Å². The lowest BCUT2D eigenvalue weighted by Gasteiger charge is -2.00. The lowest BCUT2D eigenvalue weighted by molar-refractivity contribution is 0.0593. The van der Waals surface area contributed by atoms with Gasteiger partial charge in [0.25, 0.3) is 16.3 Å². The SMILES string of the molecule is COC(=O)c1cn2[c]([AlH2])cnc2cn1. The Kier molecular flexibility index (Phi) is 2.24. The molecule has 70 valence electrons. The molecule has 0 atom stereocenters. The Morgan fingerprint density at radius 3 is 3.00 bits per heavy atom. The van der Waals surface area contributed by atoms with Crippen molar-refractivity contribution >= 4 is 32.5 Å². The summed E-state index contributed by atoms with van der Waals surface area (Å²) in [6.45, 7) is 0. The topological polar surface area (TPSA) is 56.5 Å². The van der Waals surface area contributed by atoms with Gasteiger partial charge in [-0.3, -0.25) is 0 Å². The Morgan fingerprint density at radius 1 is 1.50 bits per heavy atom. The Morgan fingerprint density at radius 2 is 2.29 bits per heavy atom. The number of hydrogen-bond donors (Lipinski definition) is 0. The maximum Gasteiger partial charge on any atom is 0.358 e. The van der Waals surface area contributed by atoms with Crippen molar-refractivity contribution in [3.05, 3.63) is 24.3 Å². The summed E-state index contributed by atoms with van der Waals surface area (Å²) < 4.78 is 7.52. The Labute approximate surface area is 88.2 Å². The average molecular weight is 205 g/mol. The zero-order chi connectivity index (χ0) is 10.1. The van der Waals surface area contributed by atoms with Gasteiger partial charge in [0.2, 0.25) is 0 Å². The molecule has 0 N–H and O–H groups in total. The molecule has 0 fully saturated rings. The fourth-order valence-electron chi connectivity index (χ4n) is 1.22. The minimum Gasteiger partial charge on any atom is -0.464 e. The Balaban J connectivity index is 2.60. The second-order valence-electron chi connectivity index (χ2n) is 2.89. The third-order valence-electron chi connectivity index (χ3n) is 1.98. The fourth-order valence-corrected chi connectivity index (χ4v) is 1.71. The van der Waals surface area contributed by atoms with Gasteiger partial charge in [0.1, 0.15) is 0 Å². The Hall–Kier alpha value is -1.38. The maximum absolute atomic E-state index is 11.2. The summed E-state index contributed by atoms with van der Waals surface area (Å²) in [4.78, 5) is 19.3. The van der Waals surface area contributed by atoms with Gasteiger partial charge >= 0.3 is 5.97 Å². The highest BCUT2D eigenvalue weighted by Crippen LogP contribution is 2.00. The summed E-state index contributed by atoms with van der Waals surface area (Å²) in [5.74, 6) is -0.429. The molecular weight excluding hydrogens is 197 g/mol. The van der Waals surface area contributed by atoms with E-state index in [9.17, 15) is 4.79 Å². The van der Waals surface area contributed by atoms with E-state index in [0.29, 0.717) is 5.69 Å². The van der Waals surface area contributed by atoms with Crippen LogP contribution in [0.2, 0.25) is 0 Å². The van der Waals surface area contributed by atoms with Gasteiger partial charge in [0.05, 0.1) is 13.3 Å². The highest BCUT2D eigenvalue weighted by molar-refractivity contribution is 6.31. The predicted octanol–water partition coefficient (Wildman–Crippen LogP) is -1.23. The van der Waals surface area contributed by atoms with Gasteiger partial charge in [0, 0.05) is 12.4 Å². The molecule has 0 aliphatic rings. The standard InChI is InChI=1S/C8H6N3O2.Al.2H/c1-13-8(12)6-5-11-3-2-9-7(11)4-10-6;;;/h2,4-5H,1H3;;;. The van der Waals surface area contributed by atoms with Crippen LogP contribution in [-0.2, 0) is 4.74 Å². The summed E-state index contributed by atoms with van der Waals surface area (Å²) in [7, 11) is 1.34. The first-order chi connectivity index (χ1) is 6.72. The quantitative estimate of drug-likeness (QED) is 0.432. The van der Waals surface area contributed by atoms with Gasteiger partial charge in [-0.05, 0) is 4.56 Å². The molecule has 5 nitrogen and oxygen atoms in total. The van der Waals surface area contributed by atoms with Crippen LogP contribution in [0.25, 0.3) is 5.65 Å². The minimum atomic E-state index is -0.429. The molecule has 2 heterocycles. The number of aromatic nitrogens is 3. The third kappa shape index (κ3) is 1.39. The number of ether oxygens (including phenoxy) is 1. The van der Waals surface area contributed by atoms with Gasteiger partial charge in [-0.1, -0.05) is 0 Å². The number of rotatable bonds is 1. The van der Waals surface area contributed by atoms with Crippen LogP contribution >= 0.6 is 0 Å². The maximum atomic E-state index is 11.2. The van der Waals surface area contributed by atoms with E-state index in [0.717, 1.165) is 26.5 Å². The van der Waals surface area contributed by atoms with E-state index in [1.165, 1.54) is 7.11 Å². The lowest BCUT2D eigenvalue weighted by Crippen LogP contribution is -2.12. The molecule has 0 saturated heterocycles. The van der Waals surface area contributed by atoms with Crippen LogP contribution < -0.4 is 4.56 Å². The predicted molar refractivity (Wildman–Crippen MR) is 52.5 cm³/mol. The molecule has 0 aliphatic heterocycles. The van der Waals surface area contributed by atoms with E-state index in [-0.39, 0.29) is 0 Å². The van der Waals surface area contributed by atoms with Crippen molar-refractivity contribution in [2.45, 2.75) is 0 Å². The number of fused-ring (bicyclic) bond motifs is 1. The van der Waals surface area contributed by atoms with Crippen LogP contribution in [0.15, 0.2) is 18.6 Å². The van der Waals surface area contributed by atoms with Crippen molar-refractivity contribution in [1.29, 1.82) is 0 Å². The van der Waals surface area contributed by atoms with E-state index < -0.39 is 5.97 Å². The smallest absolute Gasteiger partial charge is 0.358 e. The van der Waals surface area contributed by atoms with Crippen molar-refractivity contribution in [2.75, 3.05) is 7.11 Å². The molecule has 0 spiro atoms. The van der Waals surface area contributed by atoms with Crippen LogP contribution in [0, 0.1) is 0 Å². The molecular formula is C8H8AlN3O2. The number of carbonyl (C=O) groups is 1. The zero-order valence-corrected chi connectivity index (χ0v) is 9.89. The highest BCUT2D eigenvalue weighted by Gasteiger charge is 2.08. The first-order valence-corrected chi connectivity index (χ1v) is 5.10. The largest absolute Gasteiger partial charge is 0.464 e. The average Bonchev–Trinajstić information content (AvgIpc) is 2.59. The van der Waals surface area contributed by atoms with Crippen molar-refractivity contribution in [1.82, 2.24) is 14.4 Å². The summed E-state index contributed by atoms with van der Waals surface area (Å²) in [5.41, 5.74) is 1.05. The van der Waals surface area contributed by atoms with Gasteiger partial charge in [0.15, 0.2) is 11.3 Å². The fraction of sp³-hybridized carbons (Fsp3) is 0.125. The van der Waals surface area contributed by atoms with Crippen LogP contribution in [-0.4, -0.2) is 43.7 Å². The van der Waals surface area contributed by atoms with E-state index in [1.54, 1.807) is 18.6 Å². The van der Waals surface area contributed by atoms with E-state index in [1.807, 2.05) is 4.40 Å². The third-order valence-corrected chi connectivity index (χ3v) is 2.72. The summed E-state index contributed by atoms with van der Waals surface area (Å²) in [6, 6.07) is 0. The van der Waals surface area contributed by atoms with Crippen LogP contribution in [0.5, 0.6) is 0 Å². The Bertz CT molecular complexity index is 494. The molecule has 6 heteroatoms. The van der Waals surface area contributed by atoms with Gasteiger partial charge < -0.3 is 9.14 Å². The molecule has 0 saturated carbocycles. The first-order valence-electron chi connectivity index (χ1n) is 4.10.